The molecule has 1 aromatic rings. The first-order chi connectivity index (χ1) is 9.65. The van der Waals surface area contributed by atoms with Crippen LogP contribution in [0.15, 0.2) is 24.3 Å². The number of fused-ring (bicyclic) bond motifs is 1. The number of halogens is 1. The molecule has 2 fully saturated rings. The van der Waals surface area contributed by atoms with Gasteiger partial charge in [0.2, 0.25) is 0 Å². The number of likely N-dealkylation sites (tertiary alicyclic amines) is 1. The number of aliphatic hydroxyl groups excluding tert-OH is 1. The minimum absolute atomic E-state index is 0.138. The van der Waals surface area contributed by atoms with E-state index in [9.17, 15) is 14.3 Å². The SMILES string of the molecule is O=C(CCN1CC2CCC(O)C2C1)c1ccccc1F. The molecule has 4 heteroatoms. The second-order valence-corrected chi connectivity index (χ2v) is 5.98. The van der Waals surface area contributed by atoms with Gasteiger partial charge in [0.05, 0.1) is 11.7 Å². The van der Waals surface area contributed by atoms with Gasteiger partial charge in [-0.2, -0.15) is 0 Å². The Labute approximate surface area is 118 Å². The van der Waals surface area contributed by atoms with Gasteiger partial charge in [-0.3, -0.25) is 4.79 Å². The van der Waals surface area contributed by atoms with Crippen LogP contribution in [0.1, 0.15) is 29.6 Å². The van der Waals surface area contributed by atoms with Crippen LogP contribution >= 0.6 is 0 Å². The molecule has 108 valence electrons. The molecule has 1 aliphatic carbocycles. The van der Waals surface area contributed by atoms with Crippen molar-refractivity contribution in [2.75, 3.05) is 19.6 Å². The van der Waals surface area contributed by atoms with Crippen LogP contribution in [0.5, 0.6) is 0 Å². The van der Waals surface area contributed by atoms with Crippen LogP contribution in [-0.4, -0.2) is 41.5 Å². The molecule has 1 heterocycles. The van der Waals surface area contributed by atoms with E-state index >= 15 is 0 Å². The van der Waals surface area contributed by atoms with E-state index < -0.39 is 5.82 Å². The molecule has 3 atom stereocenters. The monoisotopic (exact) mass is 277 g/mol. The summed E-state index contributed by atoms with van der Waals surface area (Å²) in [6.45, 7) is 2.50. The summed E-state index contributed by atoms with van der Waals surface area (Å²) in [5.41, 5.74) is 0.187. The number of rotatable bonds is 4. The van der Waals surface area contributed by atoms with E-state index in [0.717, 1.165) is 25.9 Å². The molecule has 0 spiro atoms. The summed E-state index contributed by atoms with van der Waals surface area (Å²) in [6.07, 6.45) is 2.17. The maximum absolute atomic E-state index is 13.5. The first-order valence-corrected chi connectivity index (χ1v) is 7.33. The fourth-order valence-corrected chi connectivity index (χ4v) is 3.59. The predicted octanol–water partition coefficient (Wildman–Crippen LogP) is 2.10. The lowest BCUT2D eigenvalue weighted by molar-refractivity contribution is 0.0957. The topological polar surface area (TPSA) is 40.5 Å². The van der Waals surface area contributed by atoms with Crippen LogP contribution in [0.3, 0.4) is 0 Å². The van der Waals surface area contributed by atoms with Crippen LogP contribution in [0.25, 0.3) is 0 Å². The highest BCUT2D eigenvalue weighted by molar-refractivity contribution is 5.96. The molecule has 1 aliphatic heterocycles. The standard InChI is InChI=1S/C16H20FNO2/c17-14-4-2-1-3-12(14)16(20)7-8-18-9-11-5-6-15(19)13(11)10-18/h1-4,11,13,15,19H,5-10H2. The van der Waals surface area contributed by atoms with Crippen LogP contribution in [0.2, 0.25) is 0 Å². The third-order valence-electron chi connectivity index (χ3n) is 4.72. The molecule has 0 aromatic heterocycles. The highest BCUT2D eigenvalue weighted by Crippen LogP contribution is 2.38. The van der Waals surface area contributed by atoms with E-state index in [0.29, 0.717) is 24.8 Å². The van der Waals surface area contributed by atoms with Crippen LogP contribution in [-0.2, 0) is 0 Å². The van der Waals surface area contributed by atoms with Crippen molar-refractivity contribution in [1.29, 1.82) is 0 Å². The largest absolute Gasteiger partial charge is 0.393 e. The van der Waals surface area contributed by atoms with Crippen LogP contribution in [0.4, 0.5) is 4.39 Å². The van der Waals surface area contributed by atoms with E-state index in [1.165, 1.54) is 6.07 Å². The van der Waals surface area contributed by atoms with E-state index in [4.69, 9.17) is 0 Å². The summed E-state index contributed by atoms with van der Waals surface area (Å²) < 4.78 is 13.5. The smallest absolute Gasteiger partial charge is 0.167 e. The fourth-order valence-electron chi connectivity index (χ4n) is 3.59. The zero-order valence-corrected chi connectivity index (χ0v) is 11.5. The van der Waals surface area contributed by atoms with E-state index in [1.54, 1.807) is 18.2 Å². The number of ketones is 1. The normalized spacial score (nSPS) is 29.6. The first kappa shape index (κ1) is 13.7. The van der Waals surface area contributed by atoms with Crippen LogP contribution < -0.4 is 0 Å². The zero-order valence-electron chi connectivity index (χ0n) is 11.5. The Morgan fingerprint density at radius 3 is 2.85 bits per heavy atom. The molecule has 1 saturated heterocycles. The van der Waals surface area contributed by atoms with Gasteiger partial charge in [-0.25, -0.2) is 4.39 Å². The lowest BCUT2D eigenvalue weighted by Gasteiger charge is -2.17. The van der Waals surface area contributed by atoms with E-state index in [-0.39, 0.29) is 17.5 Å². The average molecular weight is 277 g/mol. The Balaban J connectivity index is 1.53. The maximum atomic E-state index is 13.5. The number of benzene rings is 1. The number of aliphatic hydroxyl groups is 1. The minimum atomic E-state index is -0.439. The Morgan fingerprint density at radius 1 is 1.30 bits per heavy atom. The third kappa shape index (κ3) is 2.63. The molecule has 3 nitrogen and oxygen atoms in total. The van der Waals surface area contributed by atoms with Crippen LogP contribution in [0, 0.1) is 17.7 Å². The lowest BCUT2D eigenvalue weighted by Crippen LogP contribution is -2.27. The Bertz CT molecular complexity index is 505. The van der Waals surface area contributed by atoms with Gasteiger partial charge in [-0.1, -0.05) is 12.1 Å². The Kier molecular flexibility index (Phi) is 3.85. The summed E-state index contributed by atoms with van der Waals surface area (Å²) in [5.74, 6) is 0.374. The Hall–Kier alpha value is -1.26. The van der Waals surface area contributed by atoms with Gasteiger partial charge in [0.1, 0.15) is 5.82 Å². The van der Waals surface area contributed by atoms with Gasteiger partial charge in [0.25, 0.3) is 0 Å². The third-order valence-corrected chi connectivity index (χ3v) is 4.72. The molecule has 20 heavy (non-hydrogen) atoms. The van der Waals surface area contributed by atoms with Crippen molar-refractivity contribution >= 4 is 5.78 Å². The average Bonchev–Trinajstić information content (AvgIpc) is 2.99. The van der Waals surface area contributed by atoms with Gasteiger partial charge in [0, 0.05) is 32.0 Å². The second kappa shape index (κ2) is 5.62. The highest BCUT2D eigenvalue weighted by atomic mass is 19.1. The summed E-state index contributed by atoms with van der Waals surface area (Å²) in [5, 5.41) is 9.87. The molecule has 0 radical (unpaired) electrons. The van der Waals surface area contributed by atoms with Crippen molar-refractivity contribution in [2.24, 2.45) is 11.8 Å². The van der Waals surface area contributed by atoms with Crippen molar-refractivity contribution < 1.29 is 14.3 Å². The fraction of sp³-hybridized carbons (Fsp3) is 0.562. The number of nitrogens with zero attached hydrogens (tertiary/aromatic N) is 1. The highest BCUT2D eigenvalue weighted by Gasteiger charge is 2.41. The molecular weight excluding hydrogens is 257 g/mol. The van der Waals surface area contributed by atoms with Crippen molar-refractivity contribution in [3.05, 3.63) is 35.6 Å². The number of carbonyl (C=O) groups is 1. The van der Waals surface area contributed by atoms with Gasteiger partial charge in [0.15, 0.2) is 5.78 Å². The van der Waals surface area contributed by atoms with Crippen molar-refractivity contribution in [2.45, 2.75) is 25.4 Å². The quantitative estimate of drug-likeness (QED) is 0.857. The van der Waals surface area contributed by atoms with E-state index in [2.05, 4.69) is 4.90 Å². The van der Waals surface area contributed by atoms with Gasteiger partial charge < -0.3 is 10.0 Å². The number of Topliss-reactive ketones (excluding diaryl/α,β-unsaturated/α-hetero) is 1. The first-order valence-electron chi connectivity index (χ1n) is 7.33. The molecule has 3 rings (SSSR count). The van der Waals surface area contributed by atoms with Crippen molar-refractivity contribution in [3.8, 4) is 0 Å². The predicted molar refractivity (Wildman–Crippen MR) is 74.0 cm³/mol. The maximum Gasteiger partial charge on any atom is 0.167 e. The van der Waals surface area contributed by atoms with Gasteiger partial charge in [-0.15, -0.1) is 0 Å². The number of hydrogen-bond donors (Lipinski definition) is 1. The summed E-state index contributed by atoms with van der Waals surface area (Å²) in [4.78, 5) is 14.2. The molecule has 0 amide bonds. The molecule has 3 unspecified atom stereocenters. The second-order valence-electron chi connectivity index (χ2n) is 5.98. The molecule has 1 saturated carbocycles. The number of carbonyl (C=O) groups excluding carboxylic acids is 1. The van der Waals surface area contributed by atoms with E-state index in [1.807, 2.05) is 0 Å². The number of hydrogen-bond acceptors (Lipinski definition) is 3. The molecule has 1 aromatic carbocycles. The summed E-state index contributed by atoms with van der Waals surface area (Å²) in [7, 11) is 0. The molecular formula is C16H20FNO2. The lowest BCUT2D eigenvalue weighted by atomic mass is 10.00. The molecule has 0 bridgehead atoms. The van der Waals surface area contributed by atoms with Gasteiger partial charge >= 0.3 is 0 Å². The Morgan fingerprint density at radius 2 is 2.10 bits per heavy atom. The summed E-state index contributed by atoms with van der Waals surface area (Å²) in [6, 6.07) is 6.14. The summed E-state index contributed by atoms with van der Waals surface area (Å²) >= 11 is 0. The van der Waals surface area contributed by atoms with Crippen molar-refractivity contribution in [1.82, 2.24) is 4.90 Å². The minimum Gasteiger partial charge on any atom is -0.393 e. The van der Waals surface area contributed by atoms with Gasteiger partial charge in [-0.05, 0) is 30.9 Å². The zero-order chi connectivity index (χ0) is 14.1. The van der Waals surface area contributed by atoms with Crippen molar-refractivity contribution in [3.63, 3.8) is 0 Å². The molecule has 2 aliphatic rings. The molecule has 1 N–H and O–H groups in total.